The second-order valence-electron chi connectivity index (χ2n) is 6.59. The number of aliphatic hydroxyl groups is 1. The lowest BCUT2D eigenvalue weighted by Crippen LogP contribution is -2.48. The van der Waals surface area contributed by atoms with E-state index in [-0.39, 0.29) is 37.7 Å². The van der Waals surface area contributed by atoms with Gasteiger partial charge in [0.15, 0.2) is 0 Å². The molecule has 1 saturated heterocycles. The summed E-state index contributed by atoms with van der Waals surface area (Å²) in [6, 6.07) is 15.0. The Morgan fingerprint density at radius 3 is 2.70 bits per heavy atom. The summed E-state index contributed by atoms with van der Waals surface area (Å²) in [5.74, 6) is -1.14. The summed E-state index contributed by atoms with van der Waals surface area (Å²) >= 11 is 0. The van der Waals surface area contributed by atoms with Crippen LogP contribution < -0.4 is 5.32 Å². The van der Waals surface area contributed by atoms with Crippen LogP contribution in [0.1, 0.15) is 15.9 Å². The standard InChI is InChI=1S/C20H19FN2O4/c21-16-9-5-4-8-14(16)20-12-27-17(10-24)15(20)11-26-19(23-20)22-18(25)13-6-2-1-3-7-13/h1-9,15,17,24H,10-12H2,(H,22,23,25). The SMILES string of the molecule is O=C(NC1=NC2(c3ccccc3F)COC(CO)C2CO1)c1ccccc1. The van der Waals surface area contributed by atoms with Gasteiger partial charge in [0.2, 0.25) is 0 Å². The van der Waals surface area contributed by atoms with Crippen molar-refractivity contribution < 1.29 is 23.8 Å². The van der Waals surface area contributed by atoms with E-state index < -0.39 is 17.5 Å². The molecule has 0 saturated carbocycles. The van der Waals surface area contributed by atoms with E-state index in [9.17, 15) is 14.3 Å². The van der Waals surface area contributed by atoms with Crippen molar-refractivity contribution in [3.63, 3.8) is 0 Å². The minimum atomic E-state index is -1.06. The lowest BCUT2D eigenvalue weighted by atomic mass is 9.78. The van der Waals surface area contributed by atoms with Gasteiger partial charge in [-0.3, -0.25) is 10.1 Å². The molecule has 0 spiro atoms. The molecule has 0 aromatic heterocycles. The molecule has 7 heteroatoms. The second-order valence-corrected chi connectivity index (χ2v) is 6.59. The van der Waals surface area contributed by atoms with Gasteiger partial charge >= 0.3 is 0 Å². The van der Waals surface area contributed by atoms with Crippen LogP contribution in [-0.2, 0) is 15.0 Å². The van der Waals surface area contributed by atoms with Crippen LogP contribution >= 0.6 is 0 Å². The van der Waals surface area contributed by atoms with Gasteiger partial charge in [-0.05, 0) is 18.2 Å². The molecule has 1 fully saturated rings. The van der Waals surface area contributed by atoms with E-state index in [1.54, 1.807) is 42.5 Å². The van der Waals surface area contributed by atoms with Crippen molar-refractivity contribution in [3.8, 4) is 0 Å². The van der Waals surface area contributed by atoms with Crippen LogP contribution in [0.5, 0.6) is 0 Å². The van der Waals surface area contributed by atoms with Gasteiger partial charge in [0, 0.05) is 11.1 Å². The van der Waals surface area contributed by atoms with Gasteiger partial charge in [0.25, 0.3) is 11.9 Å². The number of amides is 1. The van der Waals surface area contributed by atoms with E-state index in [0.717, 1.165) is 0 Å². The molecule has 0 aliphatic carbocycles. The number of hydrogen-bond acceptors (Lipinski definition) is 5. The van der Waals surface area contributed by atoms with Gasteiger partial charge < -0.3 is 14.6 Å². The molecule has 2 aliphatic heterocycles. The van der Waals surface area contributed by atoms with Crippen molar-refractivity contribution in [1.29, 1.82) is 0 Å². The summed E-state index contributed by atoms with van der Waals surface area (Å²) in [5.41, 5.74) is -0.237. The summed E-state index contributed by atoms with van der Waals surface area (Å²) in [7, 11) is 0. The maximum atomic E-state index is 14.6. The molecule has 1 amide bonds. The fourth-order valence-corrected chi connectivity index (χ4v) is 3.66. The Morgan fingerprint density at radius 1 is 1.22 bits per heavy atom. The molecule has 2 heterocycles. The van der Waals surface area contributed by atoms with Crippen LogP contribution in [0.2, 0.25) is 0 Å². The summed E-state index contributed by atoms with van der Waals surface area (Å²) in [6.45, 7) is 0.0246. The number of aliphatic imine (C=N–C) groups is 1. The third-order valence-corrected chi connectivity index (χ3v) is 5.06. The van der Waals surface area contributed by atoms with Crippen molar-refractivity contribution in [2.45, 2.75) is 11.6 Å². The van der Waals surface area contributed by atoms with Gasteiger partial charge in [0.1, 0.15) is 11.4 Å². The molecule has 0 radical (unpaired) electrons. The summed E-state index contributed by atoms with van der Waals surface area (Å²) in [5, 5.41) is 12.2. The highest BCUT2D eigenvalue weighted by Crippen LogP contribution is 2.45. The molecule has 0 bridgehead atoms. The molecule has 2 aromatic rings. The monoisotopic (exact) mass is 370 g/mol. The second kappa shape index (κ2) is 7.09. The maximum Gasteiger partial charge on any atom is 0.292 e. The normalized spacial score (nSPS) is 26.7. The minimum absolute atomic E-state index is 0.0190. The lowest BCUT2D eigenvalue weighted by molar-refractivity contribution is 0.0264. The fourth-order valence-electron chi connectivity index (χ4n) is 3.66. The molecule has 27 heavy (non-hydrogen) atoms. The highest BCUT2D eigenvalue weighted by atomic mass is 19.1. The van der Waals surface area contributed by atoms with E-state index in [0.29, 0.717) is 11.1 Å². The summed E-state index contributed by atoms with van der Waals surface area (Å²) in [4.78, 5) is 17.0. The zero-order chi connectivity index (χ0) is 18.9. The predicted octanol–water partition coefficient (Wildman–Crippen LogP) is 1.84. The number of benzene rings is 2. The molecule has 3 unspecified atom stereocenters. The van der Waals surface area contributed by atoms with E-state index in [2.05, 4.69) is 10.3 Å². The quantitative estimate of drug-likeness (QED) is 0.864. The van der Waals surface area contributed by atoms with Crippen LogP contribution in [0, 0.1) is 11.7 Å². The molecule has 140 valence electrons. The highest BCUT2D eigenvalue weighted by molar-refractivity contribution is 6.04. The van der Waals surface area contributed by atoms with E-state index in [1.807, 2.05) is 6.07 Å². The molecule has 2 N–H and O–H groups in total. The number of carbonyl (C=O) groups excluding carboxylic acids is 1. The maximum absolute atomic E-state index is 14.6. The van der Waals surface area contributed by atoms with E-state index >= 15 is 0 Å². The molecular weight excluding hydrogens is 351 g/mol. The predicted molar refractivity (Wildman–Crippen MR) is 95.7 cm³/mol. The van der Waals surface area contributed by atoms with Crippen molar-refractivity contribution in [2.75, 3.05) is 19.8 Å². The van der Waals surface area contributed by atoms with E-state index in [1.165, 1.54) is 6.07 Å². The number of carbonyl (C=O) groups is 1. The molecular formula is C20H19FN2O4. The van der Waals surface area contributed by atoms with Crippen LogP contribution in [0.25, 0.3) is 0 Å². The number of nitrogens with one attached hydrogen (secondary N) is 1. The van der Waals surface area contributed by atoms with Gasteiger partial charge in [0.05, 0.1) is 31.8 Å². The van der Waals surface area contributed by atoms with Crippen LogP contribution in [0.4, 0.5) is 4.39 Å². The molecule has 2 aliphatic rings. The number of aliphatic hydroxyl groups excluding tert-OH is 1. The van der Waals surface area contributed by atoms with Gasteiger partial charge in [-0.2, -0.15) is 0 Å². The van der Waals surface area contributed by atoms with Crippen LogP contribution in [0.3, 0.4) is 0 Å². The Hall–Kier alpha value is -2.77. The number of rotatable bonds is 3. The van der Waals surface area contributed by atoms with Crippen molar-refractivity contribution in [3.05, 3.63) is 71.5 Å². The first-order valence-corrected chi connectivity index (χ1v) is 8.70. The fraction of sp³-hybridized carbons (Fsp3) is 0.300. The number of amidine groups is 1. The van der Waals surface area contributed by atoms with Gasteiger partial charge in [-0.1, -0.05) is 36.4 Å². The van der Waals surface area contributed by atoms with Gasteiger partial charge in [-0.15, -0.1) is 0 Å². The average Bonchev–Trinajstić information content (AvgIpc) is 3.07. The number of fused-ring (bicyclic) bond motifs is 1. The zero-order valence-electron chi connectivity index (χ0n) is 14.5. The van der Waals surface area contributed by atoms with Crippen LogP contribution in [0.15, 0.2) is 59.6 Å². The highest BCUT2D eigenvalue weighted by Gasteiger charge is 2.54. The number of nitrogens with zero attached hydrogens (tertiary/aromatic N) is 1. The number of halogens is 1. The number of ether oxygens (including phenoxy) is 2. The molecule has 3 atom stereocenters. The zero-order valence-corrected chi connectivity index (χ0v) is 14.5. The van der Waals surface area contributed by atoms with Crippen molar-refractivity contribution >= 4 is 11.9 Å². The third kappa shape index (κ3) is 3.09. The largest absolute Gasteiger partial charge is 0.464 e. The Kier molecular flexibility index (Phi) is 4.63. The minimum Gasteiger partial charge on any atom is -0.464 e. The van der Waals surface area contributed by atoms with Crippen molar-refractivity contribution in [2.24, 2.45) is 10.9 Å². The average molecular weight is 370 g/mol. The van der Waals surface area contributed by atoms with E-state index in [4.69, 9.17) is 9.47 Å². The molecule has 6 nitrogen and oxygen atoms in total. The number of hydrogen-bond donors (Lipinski definition) is 2. The first kappa shape index (κ1) is 17.6. The third-order valence-electron chi connectivity index (χ3n) is 5.06. The smallest absolute Gasteiger partial charge is 0.292 e. The summed E-state index contributed by atoms with van der Waals surface area (Å²) in [6.07, 6.45) is -0.514. The first-order valence-electron chi connectivity index (χ1n) is 8.70. The summed E-state index contributed by atoms with van der Waals surface area (Å²) < 4.78 is 25.9. The Morgan fingerprint density at radius 2 is 1.96 bits per heavy atom. The topological polar surface area (TPSA) is 80.2 Å². The lowest BCUT2D eigenvalue weighted by Gasteiger charge is -2.36. The van der Waals surface area contributed by atoms with Gasteiger partial charge in [-0.25, -0.2) is 9.38 Å². The first-order chi connectivity index (χ1) is 13.1. The molecule has 2 aromatic carbocycles. The Bertz CT molecular complexity index is 873. The Balaban J connectivity index is 1.70. The Labute approximate surface area is 155 Å². The molecule has 4 rings (SSSR count). The van der Waals surface area contributed by atoms with Crippen LogP contribution in [-0.4, -0.2) is 43.0 Å². The van der Waals surface area contributed by atoms with Crippen molar-refractivity contribution in [1.82, 2.24) is 5.32 Å².